The number of aromatic nitrogens is 3. The number of nitrogens with two attached hydrogens (primary N) is 1. The van der Waals surface area contributed by atoms with E-state index in [2.05, 4.69) is 196 Å². The molecule has 7 nitrogen and oxygen atoms in total. The lowest BCUT2D eigenvalue weighted by molar-refractivity contribution is 0.359. The van der Waals surface area contributed by atoms with Gasteiger partial charge in [-0.15, -0.1) is 0 Å². The van der Waals surface area contributed by atoms with Crippen LogP contribution in [0.25, 0.3) is 66.3 Å². The minimum atomic E-state index is -0.182. The Kier molecular flexibility index (Phi) is 8.98. The minimum Gasteiger partial charge on any atom is -0.369 e. The minimum absolute atomic E-state index is 0.0296. The zero-order chi connectivity index (χ0) is 43.9. The Hall–Kier alpha value is -7.90. The molecule has 4 heterocycles. The van der Waals surface area contributed by atoms with E-state index in [1.807, 2.05) is 18.2 Å². The summed E-state index contributed by atoms with van der Waals surface area (Å²) in [5.41, 5.74) is 21.8. The van der Waals surface area contributed by atoms with Crippen molar-refractivity contribution in [2.75, 3.05) is 6.54 Å². The molecule has 1 aliphatic heterocycles. The number of para-hydroxylation sites is 2. The summed E-state index contributed by atoms with van der Waals surface area (Å²) in [6.45, 7) is 0.541. The second kappa shape index (κ2) is 15.4. The SMILES string of the molecule is Cn1c2ccccc2c2ccc3c4ccc5c6c(n(-c7ccccc7)c5c4n(C4C=CC=CC4)c3c21)C1C(C=C6)C2=C(CC=CC=C2)N1C(N)=NC(=NCC1=CCCC=C1)c1ccccc1. The smallest absolute Gasteiger partial charge is 0.203 e. The first-order valence-electron chi connectivity index (χ1n) is 23.4. The molecular weight excluding hydrogens is 807 g/mol. The molecule has 0 radical (unpaired) electrons. The van der Waals surface area contributed by atoms with Gasteiger partial charge in [0.25, 0.3) is 0 Å². The van der Waals surface area contributed by atoms with E-state index >= 15 is 0 Å². The summed E-state index contributed by atoms with van der Waals surface area (Å²) in [6, 6.07) is 39.5. The summed E-state index contributed by atoms with van der Waals surface area (Å²) in [6.07, 6.45) is 33.2. The molecule has 8 aromatic rings. The highest BCUT2D eigenvalue weighted by atomic mass is 15.3. The summed E-state index contributed by atoms with van der Waals surface area (Å²) < 4.78 is 7.65. The van der Waals surface area contributed by atoms with E-state index in [4.69, 9.17) is 15.7 Å². The molecular formula is C59H49N7. The summed E-state index contributed by atoms with van der Waals surface area (Å²) in [4.78, 5) is 12.9. The average Bonchev–Trinajstić information content (AvgIpc) is 4.02. The Morgan fingerprint density at radius 2 is 1.41 bits per heavy atom. The van der Waals surface area contributed by atoms with Crippen molar-refractivity contribution < 1.29 is 0 Å². The molecule has 5 aliphatic rings. The fourth-order valence-corrected chi connectivity index (χ4v) is 11.6. The third-order valence-electron chi connectivity index (χ3n) is 14.5. The highest BCUT2D eigenvalue weighted by molar-refractivity contribution is 6.26. The highest BCUT2D eigenvalue weighted by Gasteiger charge is 2.46. The number of aliphatic imine (C=N–C) groups is 2. The molecule has 66 heavy (non-hydrogen) atoms. The van der Waals surface area contributed by atoms with Crippen molar-refractivity contribution in [3.8, 4) is 5.69 Å². The Bertz CT molecular complexity index is 3650. The van der Waals surface area contributed by atoms with Gasteiger partial charge in [-0.05, 0) is 48.6 Å². The monoisotopic (exact) mass is 855 g/mol. The van der Waals surface area contributed by atoms with Crippen molar-refractivity contribution in [1.29, 1.82) is 0 Å². The van der Waals surface area contributed by atoms with Crippen LogP contribution in [0, 0.1) is 5.92 Å². The van der Waals surface area contributed by atoms with Crippen molar-refractivity contribution in [3.05, 3.63) is 216 Å². The maximum atomic E-state index is 7.52. The number of amidine groups is 1. The van der Waals surface area contributed by atoms with Crippen LogP contribution < -0.4 is 5.73 Å². The fraction of sp³-hybridized carbons (Fsp3) is 0.153. The second-order valence-corrected chi connectivity index (χ2v) is 18.1. The maximum Gasteiger partial charge on any atom is 0.203 e. The van der Waals surface area contributed by atoms with Gasteiger partial charge in [-0.25, -0.2) is 0 Å². The molecule has 0 fully saturated rings. The summed E-state index contributed by atoms with van der Waals surface area (Å²) in [7, 11) is 2.23. The van der Waals surface area contributed by atoms with Crippen molar-refractivity contribution in [2.45, 2.75) is 37.8 Å². The first-order chi connectivity index (χ1) is 32.6. The van der Waals surface area contributed by atoms with Crippen LogP contribution in [0.15, 0.2) is 209 Å². The molecule has 4 aliphatic carbocycles. The van der Waals surface area contributed by atoms with Crippen LogP contribution in [0.4, 0.5) is 0 Å². The van der Waals surface area contributed by atoms with E-state index in [9.17, 15) is 0 Å². The van der Waals surface area contributed by atoms with Crippen molar-refractivity contribution in [3.63, 3.8) is 0 Å². The predicted molar refractivity (Wildman–Crippen MR) is 275 cm³/mol. The Morgan fingerprint density at radius 1 is 0.667 bits per heavy atom. The maximum absolute atomic E-state index is 7.52. The molecule has 13 rings (SSSR count). The molecule has 0 bridgehead atoms. The molecule has 3 aromatic heterocycles. The Morgan fingerprint density at radius 3 is 2.20 bits per heavy atom. The topological polar surface area (TPSA) is 68.8 Å². The third kappa shape index (κ3) is 5.82. The fourth-order valence-electron chi connectivity index (χ4n) is 11.6. The van der Waals surface area contributed by atoms with E-state index < -0.39 is 0 Å². The number of nitrogens with zero attached hydrogens (tertiary/aromatic N) is 6. The molecule has 0 amide bonds. The number of benzene rings is 5. The number of rotatable bonds is 5. The zero-order valence-corrected chi connectivity index (χ0v) is 36.9. The van der Waals surface area contributed by atoms with Crippen LogP contribution in [0.5, 0.6) is 0 Å². The average molecular weight is 856 g/mol. The second-order valence-electron chi connectivity index (χ2n) is 18.1. The number of guanidine groups is 1. The molecule has 3 unspecified atom stereocenters. The van der Waals surface area contributed by atoms with Gasteiger partial charge in [-0.1, -0.05) is 170 Å². The summed E-state index contributed by atoms with van der Waals surface area (Å²) in [5, 5.41) is 6.28. The predicted octanol–water partition coefficient (Wildman–Crippen LogP) is 13.2. The first kappa shape index (κ1) is 38.5. The Labute approximate surface area is 383 Å². The van der Waals surface area contributed by atoms with Gasteiger partial charge in [0.05, 0.1) is 46.4 Å². The molecule has 5 aromatic carbocycles. The first-order valence-corrected chi connectivity index (χ1v) is 23.4. The lowest BCUT2D eigenvalue weighted by Crippen LogP contribution is -2.40. The van der Waals surface area contributed by atoms with Crippen LogP contribution in [0.3, 0.4) is 0 Å². The van der Waals surface area contributed by atoms with E-state index in [0.29, 0.717) is 18.3 Å². The van der Waals surface area contributed by atoms with E-state index in [0.717, 1.165) is 36.9 Å². The molecule has 0 saturated carbocycles. The van der Waals surface area contributed by atoms with Gasteiger partial charge < -0.3 is 24.3 Å². The van der Waals surface area contributed by atoms with Crippen molar-refractivity contribution >= 4 is 72.4 Å². The van der Waals surface area contributed by atoms with E-state index in [1.165, 1.54) is 82.6 Å². The zero-order valence-electron chi connectivity index (χ0n) is 36.9. The van der Waals surface area contributed by atoms with Gasteiger partial charge in [0.2, 0.25) is 5.96 Å². The van der Waals surface area contributed by atoms with Crippen LogP contribution in [0.2, 0.25) is 0 Å². The molecule has 7 heteroatoms. The van der Waals surface area contributed by atoms with Gasteiger partial charge in [-0.3, -0.25) is 4.99 Å². The van der Waals surface area contributed by atoms with Crippen LogP contribution >= 0.6 is 0 Å². The van der Waals surface area contributed by atoms with E-state index in [1.54, 1.807) is 0 Å². The molecule has 3 atom stereocenters. The standard InChI is InChI=1S/C59H49N7/c1-63-50-29-18-17-28-42(50)44-31-33-46-47-35-36-48-49-34-32-45-43-27-15-6-16-30-51(43)66(59(60)62-58(39-21-9-3-10-22-39)61-37-38-19-7-2-8-20-38)57(45)56(49)65(41-25-13-5-14-26-41)55(48)54(47)64(53(46)52(44)63)40-23-11-4-12-24-40/h3-7,9-23,25-29,31-36,40,45,57H,2,8,24,30,37H2,1H3,(H2,60,61,62). The number of allylic oxidation sites excluding steroid dienone is 10. The van der Waals surface area contributed by atoms with Crippen LogP contribution in [-0.4, -0.2) is 36.9 Å². The number of hydrogen-bond acceptors (Lipinski definition) is 1. The molecule has 0 spiro atoms. The highest BCUT2D eigenvalue weighted by Crippen LogP contribution is 2.54. The lowest BCUT2D eigenvalue weighted by atomic mass is 9.85. The molecule has 0 saturated heterocycles. The normalized spacial score (nSPS) is 20.3. The van der Waals surface area contributed by atoms with Gasteiger partial charge in [0.1, 0.15) is 0 Å². The van der Waals surface area contributed by atoms with Gasteiger partial charge >= 0.3 is 0 Å². The van der Waals surface area contributed by atoms with Gasteiger partial charge in [0.15, 0.2) is 5.84 Å². The van der Waals surface area contributed by atoms with Crippen LogP contribution in [0.1, 0.15) is 54.6 Å². The number of fused-ring (bicyclic) bond motifs is 14. The van der Waals surface area contributed by atoms with Crippen molar-refractivity contribution in [1.82, 2.24) is 18.6 Å². The Balaban J connectivity index is 1.10. The largest absolute Gasteiger partial charge is 0.369 e. The third-order valence-corrected chi connectivity index (χ3v) is 14.5. The quantitative estimate of drug-likeness (QED) is 0.138. The summed E-state index contributed by atoms with van der Waals surface area (Å²) >= 11 is 0. The number of hydrogen-bond donors (Lipinski definition) is 1. The van der Waals surface area contributed by atoms with E-state index in [-0.39, 0.29) is 18.0 Å². The molecule has 320 valence electrons. The van der Waals surface area contributed by atoms with Gasteiger partial charge in [0, 0.05) is 74.3 Å². The number of aryl methyl sites for hydroxylation is 1. The van der Waals surface area contributed by atoms with Gasteiger partial charge in [-0.2, -0.15) is 4.99 Å². The summed E-state index contributed by atoms with van der Waals surface area (Å²) in [5.74, 6) is 1.10. The lowest BCUT2D eigenvalue weighted by Gasteiger charge is -2.34. The molecule has 2 N–H and O–H groups in total. The van der Waals surface area contributed by atoms with Crippen LogP contribution in [-0.2, 0) is 7.05 Å². The van der Waals surface area contributed by atoms with Crippen molar-refractivity contribution in [2.24, 2.45) is 28.7 Å².